The zero-order chi connectivity index (χ0) is 17.8. The number of benzene rings is 2. The van der Waals surface area contributed by atoms with Crippen LogP contribution in [-0.4, -0.2) is 25.0 Å². The number of nitrogens with zero attached hydrogens (tertiary/aromatic N) is 1. The molecule has 6 heteroatoms. The summed E-state index contributed by atoms with van der Waals surface area (Å²) in [6, 6.07) is 11.3. The molecule has 0 aliphatic carbocycles. The maximum atomic E-state index is 13.7. The van der Waals surface area contributed by atoms with Gasteiger partial charge in [-0.1, -0.05) is 25.1 Å². The molecule has 1 aliphatic rings. The summed E-state index contributed by atoms with van der Waals surface area (Å²) in [6.07, 6.45) is 0.757. The summed E-state index contributed by atoms with van der Waals surface area (Å²) in [4.78, 5) is 25.9. The fraction of sp³-hybridized carbons (Fsp3) is 0.263. The minimum atomic E-state index is -0.406. The Morgan fingerprint density at radius 2 is 2.08 bits per heavy atom. The molecule has 2 aromatic rings. The van der Waals surface area contributed by atoms with Gasteiger partial charge in [0, 0.05) is 12.2 Å². The van der Waals surface area contributed by atoms with Crippen molar-refractivity contribution < 1.29 is 18.7 Å². The Morgan fingerprint density at radius 3 is 2.84 bits per heavy atom. The van der Waals surface area contributed by atoms with Crippen LogP contribution in [0.15, 0.2) is 42.5 Å². The first-order valence-corrected chi connectivity index (χ1v) is 8.19. The Hall–Kier alpha value is -2.89. The molecule has 0 saturated heterocycles. The van der Waals surface area contributed by atoms with Gasteiger partial charge in [-0.25, -0.2) is 4.39 Å². The number of carbonyl (C=O) groups excluding carboxylic acids is 2. The maximum Gasteiger partial charge on any atom is 0.265 e. The highest BCUT2D eigenvalue weighted by atomic mass is 19.1. The van der Waals surface area contributed by atoms with E-state index in [2.05, 4.69) is 5.32 Å². The normalized spacial score (nSPS) is 13.2. The Labute approximate surface area is 145 Å². The maximum absolute atomic E-state index is 13.7. The van der Waals surface area contributed by atoms with Crippen LogP contribution in [0.4, 0.5) is 15.8 Å². The Kier molecular flexibility index (Phi) is 4.97. The van der Waals surface area contributed by atoms with E-state index in [4.69, 9.17) is 4.74 Å². The van der Waals surface area contributed by atoms with E-state index in [0.717, 1.165) is 6.42 Å². The molecule has 0 radical (unpaired) electrons. The van der Waals surface area contributed by atoms with Crippen molar-refractivity contribution in [2.75, 3.05) is 23.4 Å². The van der Waals surface area contributed by atoms with E-state index in [1.807, 2.05) is 6.92 Å². The molecule has 25 heavy (non-hydrogen) atoms. The number of ether oxygens (including phenoxy) is 1. The lowest BCUT2D eigenvalue weighted by Gasteiger charge is -2.29. The second-order valence-electron chi connectivity index (χ2n) is 5.83. The topological polar surface area (TPSA) is 58.6 Å². The molecule has 3 rings (SSSR count). The molecular formula is C19H19FN2O3. The first kappa shape index (κ1) is 17.0. The third kappa shape index (κ3) is 3.79. The number of rotatable bonds is 5. The van der Waals surface area contributed by atoms with Crippen molar-refractivity contribution in [3.8, 4) is 5.75 Å². The van der Waals surface area contributed by atoms with Crippen molar-refractivity contribution in [1.29, 1.82) is 0 Å². The second kappa shape index (κ2) is 7.34. The van der Waals surface area contributed by atoms with Crippen LogP contribution in [0.25, 0.3) is 0 Å². The van der Waals surface area contributed by atoms with Crippen molar-refractivity contribution in [2.24, 2.45) is 0 Å². The van der Waals surface area contributed by atoms with E-state index in [9.17, 15) is 14.0 Å². The molecule has 2 amide bonds. The second-order valence-corrected chi connectivity index (χ2v) is 5.83. The van der Waals surface area contributed by atoms with Crippen molar-refractivity contribution >= 4 is 23.2 Å². The molecule has 0 aromatic heterocycles. The quantitative estimate of drug-likeness (QED) is 0.908. The zero-order valence-electron chi connectivity index (χ0n) is 13.9. The SMILES string of the molecule is CCCN1C(=O)COc2ccc(NC(=O)Cc3ccccc3F)cc21. The summed E-state index contributed by atoms with van der Waals surface area (Å²) in [5.74, 6) is -0.226. The van der Waals surface area contributed by atoms with Crippen LogP contribution in [0, 0.1) is 5.82 Å². The molecule has 2 aromatic carbocycles. The molecule has 1 N–H and O–H groups in total. The van der Waals surface area contributed by atoms with Gasteiger partial charge in [0.25, 0.3) is 5.91 Å². The molecule has 0 fully saturated rings. The van der Waals surface area contributed by atoms with Crippen LogP contribution in [-0.2, 0) is 16.0 Å². The van der Waals surface area contributed by atoms with Crippen LogP contribution < -0.4 is 15.0 Å². The fourth-order valence-corrected chi connectivity index (χ4v) is 2.77. The zero-order valence-corrected chi connectivity index (χ0v) is 13.9. The van der Waals surface area contributed by atoms with Gasteiger partial charge >= 0.3 is 0 Å². The number of hydrogen-bond acceptors (Lipinski definition) is 3. The van der Waals surface area contributed by atoms with Gasteiger partial charge in [0.05, 0.1) is 12.1 Å². The molecule has 5 nitrogen and oxygen atoms in total. The molecular weight excluding hydrogens is 323 g/mol. The third-order valence-electron chi connectivity index (χ3n) is 3.94. The molecule has 0 bridgehead atoms. The summed E-state index contributed by atoms with van der Waals surface area (Å²) >= 11 is 0. The number of halogens is 1. The van der Waals surface area contributed by atoms with Gasteiger partial charge < -0.3 is 15.0 Å². The first-order valence-electron chi connectivity index (χ1n) is 8.19. The standard InChI is InChI=1S/C19H19FN2O3/c1-2-9-22-16-11-14(7-8-17(16)25-12-19(22)24)21-18(23)10-13-5-3-4-6-15(13)20/h3-8,11H,2,9-10,12H2,1H3,(H,21,23). The lowest BCUT2D eigenvalue weighted by molar-refractivity contribution is -0.121. The summed E-state index contributed by atoms with van der Waals surface area (Å²) in [5, 5.41) is 2.75. The highest BCUT2D eigenvalue weighted by Gasteiger charge is 2.25. The van der Waals surface area contributed by atoms with E-state index in [1.54, 1.807) is 41.3 Å². The number of fused-ring (bicyclic) bond motifs is 1. The molecule has 0 spiro atoms. The van der Waals surface area contributed by atoms with Gasteiger partial charge in [-0.3, -0.25) is 9.59 Å². The Bertz CT molecular complexity index is 807. The minimum Gasteiger partial charge on any atom is -0.482 e. The van der Waals surface area contributed by atoms with Gasteiger partial charge in [-0.05, 0) is 36.2 Å². The number of amides is 2. The molecule has 0 atom stereocenters. The van der Waals surface area contributed by atoms with E-state index in [0.29, 0.717) is 29.2 Å². The summed E-state index contributed by atoms with van der Waals surface area (Å²) < 4.78 is 19.1. The van der Waals surface area contributed by atoms with E-state index in [1.165, 1.54) is 6.07 Å². The number of hydrogen-bond donors (Lipinski definition) is 1. The van der Waals surface area contributed by atoms with Crippen LogP contribution in [0.1, 0.15) is 18.9 Å². The lowest BCUT2D eigenvalue weighted by atomic mass is 10.1. The summed E-state index contributed by atoms with van der Waals surface area (Å²) in [7, 11) is 0. The number of nitrogens with one attached hydrogen (secondary N) is 1. The fourth-order valence-electron chi connectivity index (χ4n) is 2.77. The van der Waals surface area contributed by atoms with Gasteiger partial charge in [0.1, 0.15) is 11.6 Å². The molecule has 0 saturated carbocycles. The number of carbonyl (C=O) groups is 2. The summed E-state index contributed by atoms with van der Waals surface area (Å²) in [6.45, 7) is 2.59. The first-order chi connectivity index (χ1) is 12.1. The Balaban J connectivity index is 1.76. The van der Waals surface area contributed by atoms with E-state index in [-0.39, 0.29) is 24.8 Å². The Morgan fingerprint density at radius 1 is 1.28 bits per heavy atom. The predicted molar refractivity (Wildman–Crippen MR) is 93.3 cm³/mol. The average molecular weight is 342 g/mol. The number of anilines is 2. The highest BCUT2D eigenvalue weighted by molar-refractivity contribution is 5.99. The summed E-state index contributed by atoms with van der Waals surface area (Å²) in [5.41, 5.74) is 1.52. The van der Waals surface area contributed by atoms with Crippen LogP contribution in [0.2, 0.25) is 0 Å². The molecule has 1 heterocycles. The minimum absolute atomic E-state index is 0.0198. The molecule has 1 aliphatic heterocycles. The highest BCUT2D eigenvalue weighted by Crippen LogP contribution is 2.34. The monoisotopic (exact) mass is 342 g/mol. The van der Waals surface area contributed by atoms with Crippen molar-refractivity contribution in [2.45, 2.75) is 19.8 Å². The largest absolute Gasteiger partial charge is 0.482 e. The predicted octanol–water partition coefficient (Wildman–Crippen LogP) is 3.14. The lowest BCUT2D eigenvalue weighted by Crippen LogP contribution is -2.39. The van der Waals surface area contributed by atoms with Gasteiger partial charge in [0.15, 0.2) is 6.61 Å². The van der Waals surface area contributed by atoms with Crippen molar-refractivity contribution in [3.05, 3.63) is 53.8 Å². The van der Waals surface area contributed by atoms with Crippen molar-refractivity contribution in [3.63, 3.8) is 0 Å². The third-order valence-corrected chi connectivity index (χ3v) is 3.94. The van der Waals surface area contributed by atoms with Crippen LogP contribution in [0.5, 0.6) is 5.75 Å². The van der Waals surface area contributed by atoms with Gasteiger partial charge in [0.2, 0.25) is 5.91 Å². The molecule has 0 unspecified atom stereocenters. The van der Waals surface area contributed by atoms with Crippen molar-refractivity contribution in [1.82, 2.24) is 0 Å². The average Bonchev–Trinajstić information content (AvgIpc) is 2.59. The van der Waals surface area contributed by atoms with Crippen LogP contribution >= 0.6 is 0 Å². The van der Waals surface area contributed by atoms with E-state index >= 15 is 0 Å². The van der Waals surface area contributed by atoms with Crippen LogP contribution in [0.3, 0.4) is 0 Å². The van der Waals surface area contributed by atoms with E-state index < -0.39 is 5.82 Å². The molecule has 130 valence electrons. The van der Waals surface area contributed by atoms with Gasteiger partial charge in [-0.15, -0.1) is 0 Å². The van der Waals surface area contributed by atoms with Gasteiger partial charge in [-0.2, -0.15) is 0 Å². The smallest absolute Gasteiger partial charge is 0.265 e.